The lowest BCUT2D eigenvalue weighted by atomic mass is 9.91. The Bertz CT molecular complexity index is 811. The Morgan fingerprint density at radius 2 is 1.71 bits per heavy atom. The number of para-hydroxylation sites is 1. The largest absolute Gasteiger partial charge is 0.493 e. The van der Waals surface area contributed by atoms with E-state index in [0.29, 0.717) is 6.54 Å². The van der Waals surface area contributed by atoms with Gasteiger partial charge in [0.2, 0.25) is 12.3 Å². The Hall–Kier alpha value is -2.58. The van der Waals surface area contributed by atoms with Gasteiger partial charge in [-0.3, -0.25) is 19.4 Å². The summed E-state index contributed by atoms with van der Waals surface area (Å²) in [5.41, 5.74) is 1.03. The zero-order chi connectivity index (χ0) is 24.3. The van der Waals surface area contributed by atoms with Gasteiger partial charge >= 0.3 is 0 Å². The van der Waals surface area contributed by atoms with Crippen molar-refractivity contribution >= 4 is 18.4 Å². The third-order valence-corrected chi connectivity index (χ3v) is 6.95. The molecule has 2 heterocycles. The molecule has 8 heteroatoms. The molecule has 1 aromatic rings. The molecule has 0 N–H and O–H groups in total. The minimum absolute atomic E-state index is 0.253. The van der Waals surface area contributed by atoms with Gasteiger partial charge in [0.1, 0.15) is 0 Å². The highest BCUT2D eigenvalue weighted by Crippen LogP contribution is 2.31. The second kappa shape index (κ2) is 13.3. The second-order valence-electron chi connectivity index (χ2n) is 9.00. The van der Waals surface area contributed by atoms with Crippen LogP contribution in [0.1, 0.15) is 31.7 Å². The molecule has 0 unspecified atom stereocenters. The van der Waals surface area contributed by atoms with E-state index in [0.717, 1.165) is 81.9 Å². The van der Waals surface area contributed by atoms with Gasteiger partial charge in [-0.05, 0) is 25.8 Å². The molecule has 3 fully saturated rings. The molecule has 34 heavy (non-hydrogen) atoms. The van der Waals surface area contributed by atoms with E-state index in [9.17, 15) is 9.59 Å². The summed E-state index contributed by atoms with van der Waals surface area (Å²) in [6.07, 6.45) is 8.91. The summed E-state index contributed by atoms with van der Waals surface area (Å²) in [5.74, 6) is 1.80. The number of carbonyl (C=O) groups is 2. The molecule has 2 aliphatic heterocycles. The van der Waals surface area contributed by atoms with Crippen molar-refractivity contribution in [3.8, 4) is 11.5 Å². The SMILES string of the molecule is C/C=C/c1cccc(OC)c1OC.O=CN1CCN(CC(=O)N2CCN(C3CCC3)CC2)CC1. The predicted molar refractivity (Wildman–Crippen MR) is 134 cm³/mol. The number of ether oxygens (including phenoxy) is 2. The molecule has 1 aromatic carbocycles. The molecule has 0 aromatic heterocycles. The van der Waals surface area contributed by atoms with Crippen LogP contribution in [-0.2, 0) is 9.59 Å². The van der Waals surface area contributed by atoms with E-state index in [1.165, 1.54) is 19.3 Å². The highest BCUT2D eigenvalue weighted by molar-refractivity contribution is 5.78. The third kappa shape index (κ3) is 6.96. The normalized spacial score (nSPS) is 19.9. The average molecular weight is 473 g/mol. The van der Waals surface area contributed by atoms with Crippen molar-refractivity contribution in [3.63, 3.8) is 0 Å². The molecule has 0 atom stereocenters. The maximum atomic E-state index is 12.4. The van der Waals surface area contributed by atoms with Crippen LogP contribution in [0.4, 0.5) is 0 Å². The Kier molecular flexibility index (Phi) is 10.2. The number of allylic oxidation sites excluding steroid dienone is 1. The van der Waals surface area contributed by atoms with Crippen molar-refractivity contribution in [2.45, 2.75) is 32.2 Å². The quantitative estimate of drug-likeness (QED) is 0.567. The molecule has 2 amide bonds. The van der Waals surface area contributed by atoms with Gasteiger partial charge in [0, 0.05) is 64.0 Å². The predicted octanol–water partition coefficient (Wildman–Crippen LogP) is 2.19. The second-order valence-corrected chi connectivity index (χ2v) is 9.00. The minimum atomic E-state index is 0.253. The summed E-state index contributed by atoms with van der Waals surface area (Å²) in [5, 5.41) is 0. The highest BCUT2D eigenvalue weighted by Gasteiger charge is 2.30. The summed E-state index contributed by atoms with van der Waals surface area (Å²) in [4.78, 5) is 31.5. The van der Waals surface area contributed by atoms with Crippen molar-refractivity contribution in [2.75, 3.05) is 73.1 Å². The lowest BCUT2D eigenvalue weighted by Gasteiger charge is -2.43. The Labute approximate surface area is 204 Å². The smallest absolute Gasteiger partial charge is 0.236 e. The number of amides is 2. The number of hydrogen-bond acceptors (Lipinski definition) is 6. The monoisotopic (exact) mass is 472 g/mol. The molecule has 8 nitrogen and oxygen atoms in total. The van der Waals surface area contributed by atoms with Crippen LogP contribution in [0.15, 0.2) is 24.3 Å². The van der Waals surface area contributed by atoms with Crippen LogP contribution in [0.2, 0.25) is 0 Å². The zero-order valence-electron chi connectivity index (χ0n) is 20.9. The maximum absolute atomic E-state index is 12.4. The fourth-order valence-corrected chi connectivity index (χ4v) is 4.63. The number of methoxy groups -OCH3 is 2. The third-order valence-electron chi connectivity index (χ3n) is 6.95. The van der Waals surface area contributed by atoms with E-state index in [1.807, 2.05) is 42.2 Å². The average Bonchev–Trinajstić information content (AvgIpc) is 2.84. The van der Waals surface area contributed by atoms with Crippen LogP contribution >= 0.6 is 0 Å². The summed E-state index contributed by atoms with van der Waals surface area (Å²) in [7, 11) is 3.28. The summed E-state index contributed by atoms with van der Waals surface area (Å²) in [6.45, 7) is 9.42. The number of nitrogens with zero attached hydrogens (tertiary/aromatic N) is 4. The van der Waals surface area contributed by atoms with Gasteiger partial charge in [0.15, 0.2) is 11.5 Å². The lowest BCUT2D eigenvalue weighted by Crippen LogP contribution is -2.56. The molecule has 188 valence electrons. The molecule has 4 rings (SSSR count). The first-order valence-corrected chi connectivity index (χ1v) is 12.4. The summed E-state index contributed by atoms with van der Waals surface area (Å²) in [6, 6.07) is 6.60. The van der Waals surface area contributed by atoms with Crippen molar-refractivity contribution in [1.82, 2.24) is 19.6 Å². The molecule has 0 radical (unpaired) electrons. The van der Waals surface area contributed by atoms with E-state index in [-0.39, 0.29) is 5.91 Å². The van der Waals surface area contributed by atoms with Crippen LogP contribution in [0.5, 0.6) is 11.5 Å². The number of rotatable bonds is 7. The van der Waals surface area contributed by atoms with E-state index in [1.54, 1.807) is 19.1 Å². The lowest BCUT2D eigenvalue weighted by molar-refractivity contribution is -0.135. The first-order chi connectivity index (χ1) is 16.6. The van der Waals surface area contributed by atoms with Gasteiger partial charge in [-0.15, -0.1) is 0 Å². The molecule has 1 saturated carbocycles. The van der Waals surface area contributed by atoms with Crippen molar-refractivity contribution in [1.29, 1.82) is 0 Å². The van der Waals surface area contributed by atoms with Gasteiger partial charge in [-0.2, -0.15) is 0 Å². The molecule has 1 aliphatic carbocycles. The van der Waals surface area contributed by atoms with Crippen LogP contribution in [0.25, 0.3) is 6.08 Å². The molecular formula is C26H40N4O4. The van der Waals surface area contributed by atoms with E-state index < -0.39 is 0 Å². The van der Waals surface area contributed by atoms with E-state index in [4.69, 9.17) is 9.47 Å². The van der Waals surface area contributed by atoms with Crippen molar-refractivity contribution in [2.24, 2.45) is 0 Å². The summed E-state index contributed by atoms with van der Waals surface area (Å²) < 4.78 is 10.4. The topological polar surface area (TPSA) is 65.6 Å². The molecule has 0 spiro atoms. The van der Waals surface area contributed by atoms with Crippen LogP contribution in [-0.4, -0.2) is 111 Å². The standard InChI is InChI=1S/C15H26N4O2.C11H14O2/c20-13-17-6-4-16(5-7-17)12-15(21)19-10-8-18(9-11-19)14-2-1-3-14;1-4-6-9-7-5-8-10(12-2)11(9)13-3/h13-14H,1-12H2;4-8H,1-3H3/b;6-4+. The first-order valence-electron chi connectivity index (χ1n) is 12.4. The maximum Gasteiger partial charge on any atom is 0.236 e. The molecule has 0 bridgehead atoms. The number of carbonyl (C=O) groups excluding carboxylic acids is 2. The van der Waals surface area contributed by atoms with Gasteiger partial charge in [-0.25, -0.2) is 0 Å². The van der Waals surface area contributed by atoms with E-state index >= 15 is 0 Å². The van der Waals surface area contributed by atoms with Gasteiger partial charge in [-0.1, -0.05) is 30.7 Å². The number of benzene rings is 1. The van der Waals surface area contributed by atoms with E-state index in [2.05, 4.69) is 9.80 Å². The molecule has 2 saturated heterocycles. The van der Waals surface area contributed by atoms with Gasteiger partial charge < -0.3 is 19.3 Å². The minimum Gasteiger partial charge on any atom is -0.493 e. The fourth-order valence-electron chi connectivity index (χ4n) is 4.63. The van der Waals surface area contributed by atoms with Crippen LogP contribution in [0.3, 0.4) is 0 Å². The zero-order valence-corrected chi connectivity index (χ0v) is 20.9. The highest BCUT2D eigenvalue weighted by atomic mass is 16.5. The number of piperazine rings is 2. The van der Waals surface area contributed by atoms with Crippen LogP contribution < -0.4 is 9.47 Å². The van der Waals surface area contributed by atoms with Crippen molar-refractivity contribution < 1.29 is 19.1 Å². The molecular weight excluding hydrogens is 432 g/mol. The molecule has 3 aliphatic rings. The van der Waals surface area contributed by atoms with Crippen molar-refractivity contribution in [3.05, 3.63) is 29.8 Å². The summed E-state index contributed by atoms with van der Waals surface area (Å²) >= 11 is 0. The Morgan fingerprint density at radius 1 is 1.00 bits per heavy atom. The Balaban J connectivity index is 0.000000215. The number of hydrogen-bond donors (Lipinski definition) is 0. The van der Waals surface area contributed by atoms with Gasteiger partial charge in [0.25, 0.3) is 0 Å². The fraction of sp³-hybridized carbons (Fsp3) is 0.615. The Morgan fingerprint density at radius 3 is 2.24 bits per heavy atom. The van der Waals surface area contributed by atoms with Crippen LogP contribution in [0, 0.1) is 0 Å². The first kappa shape index (κ1) is 26.0. The van der Waals surface area contributed by atoms with Gasteiger partial charge in [0.05, 0.1) is 20.8 Å².